The molecule has 2 heterocycles. The van der Waals surface area contributed by atoms with Gasteiger partial charge in [0.25, 0.3) is 0 Å². The second-order valence-electron chi connectivity index (χ2n) is 13.3. The Bertz CT molecular complexity index is 2690. The van der Waals surface area contributed by atoms with E-state index in [1.807, 2.05) is 12.1 Å². The molecule has 0 bridgehead atoms. The van der Waals surface area contributed by atoms with E-state index in [0.29, 0.717) is 0 Å². The van der Waals surface area contributed by atoms with Crippen molar-refractivity contribution >= 4 is 60.9 Å². The number of benzene rings is 7. The van der Waals surface area contributed by atoms with Crippen LogP contribution in [0.3, 0.4) is 0 Å². The molecule has 0 saturated carbocycles. The van der Waals surface area contributed by atoms with Gasteiger partial charge in [-0.25, -0.2) is 0 Å². The fourth-order valence-electron chi connectivity index (χ4n) is 8.11. The van der Waals surface area contributed by atoms with Gasteiger partial charge in [-0.2, -0.15) is 0 Å². The number of hydrogen-bond donors (Lipinski definition) is 0. The average Bonchev–Trinajstić information content (AvgIpc) is 3.78. The molecule has 228 valence electrons. The summed E-state index contributed by atoms with van der Waals surface area (Å²) in [5.74, 6) is 0. The molecule has 0 saturated heterocycles. The zero-order chi connectivity index (χ0) is 32.0. The van der Waals surface area contributed by atoms with Crippen molar-refractivity contribution in [2.24, 2.45) is 0 Å². The molecule has 0 atom stereocenters. The molecule has 3 nitrogen and oxygen atoms in total. The monoisotopic (exact) mass is 617 g/mol. The average molecular weight is 618 g/mol. The zero-order valence-corrected chi connectivity index (χ0v) is 26.7. The number of hydrogen-bond acceptors (Lipinski definition) is 3. The van der Waals surface area contributed by atoms with Crippen LogP contribution in [0.1, 0.15) is 25.0 Å². The predicted molar refractivity (Wildman–Crippen MR) is 199 cm³/mol. The Labute approximate surface area is 278 Å². The summed E-state index contributed by atoms with van der Waals surface area (Å²) in [6, 6.07) is 53.7. The van der Waals surface area contributed by atoms with Gasteiger partial charge in [0.05, 0.1) is 16.8 Å². The van der Waals surface area contributed by atoms with E-state index < -0.39 is 0 Å². The number of anilines is 3. The van der Waals surface area contributed by atoms with Gasteiger partial charge >= 0.3 is 0 Å². The minimum atomic E-state index is -0.160. The fourth-order valence-corrected chi connectivity index (χ4v) is 8.11. The van der Waals surface area contributed by atoms with Crippen molar-refractivity contribution in [3.63, 3.8) is 0 Å². The highest BCUT2D eigenvalue weighted by molar-refractivity contribution is 6.17. The van der Waals surface area contributed by atoms with Crippen LogP contribution >= 0.6 is 0 Å². The third-order valence-corrected chi connectivity index (χ3v) is 10.3. The summed E-state index contributed by atoms with van der Waals surface area (Å²) in [6.07, 6.45) is 0. The number of furan rings is 2. The highest BCUT2D eigenvalue weighted by Gasteiger charge is 2.38. The summed E-state index contributed by atoms with van der Waals surface area (Å²) in [5.41, 5.74) is 14.1. The molecule has 3 heteroatoms. The summed E-state index contributed by atoms with van der Waals surface area (Å²) in [6.45, 7) is 4.68. The van der Waals surface area contributed by atoms with Crippen LogP contribution < -0.4 is 4.90 Å². The normalized spacial score (nSPS) is 13.4. The van der Waals surface area contributed by atoms with Gasteiger partial charge in [0.15, 0.2) is 5.58 Å². The first-order chi connectivity index (χ1) is 23.6. The molecule has 0 aliphatic heterocycles. The molecule has 2 aromatic heterocycles. The van der Waals surface area contributed by atoms with Crippen LogP contribution in [0, 0.1) is 0 Å². The number of para-hydroxylation sites is 2. The van der Waals surface area contributed by atoms with Crippen LogP contribution in [0.15, 0.2) is 160 Å². The topological polar surface area (TPSA) is 29.5 Å². The predicted octanol–water partition coefficient (Wildman–Crippen LogP) is 12.9. The van der Waals surface area contributed by atoms with Gasteiger partial charge in [0, 0.05) is 27.3 Å². The summed E-state index contributed by atoms with van der Waals surface area (Å²) < 4.78 is 13.3. The van der Waals surface area contributed by atoms with Crippen molar-refractivity contribution in [1.82, 2.24) is 0 Å². The molecule has 0 spiro atoms. The molecule has 0 amide bonds. The van der Waals surface area contributed by atoms with Gasteiger partial charge in [-0.05, 0) is 75.8 Å². The Morgan fingerprint density at radius 3 is 2.00 bits per heavy atom. The van der Waals surface area contributed by atoms with Crippen LogP contribution in [0.5, 0.6) is 0 Å². The smallest absolute Gasteiger partial charge is 0.159 e. The zero-order valence-electron chi connectivity index (χ0n) is 26.7. The van der Waals surface area contributed by atoms with E-state index in [0.717, 1.165) is 55.6 Å². The first kappa shape index (κ1) is 27.1. The van der Waals surface area contributed by atoms with E-state index in [2.05, 4.69) is 158 Å². The summed E-state index contributed by atoms with van der Waals surface area (Å²) in [5, 5.41) is 4.47. The highest BCUT2D eigenvalue weighted by atomic mass is 16.3. The van der Waals surface area contributed by atoms with E-state index in [1.165, 1.54) is 38.8 Å². The summed E-state index contributed by atoms with van der Waals surface area (Å²) in [4.78, 5) is 2.34. The first-order valence-corrected chi connectivity index (χ1v) is 16.5. The lowest BCUT2D eigenvalue weighted by Crippen LogP contribution is -2.15. The maximum atomic E-state index is 6.93. The standard InChI is InChI=1S/C45H31NO2/c1-45(2)35-17-8-6-14-31(35)32-26-27-40-42(43(32)45)34-16-10-19-37(44(34)48-40)46(30-24-22-29(23-25-30)28-12-4-3-5-13-28)36-18-11-21-39-41(36)33-15-7-9-20-38(33)47-39/h3-27H,1-2H3. The van der Waals surface area contributed by atoms with E-state index in [-0.39, 0.29) is 5.41 Å². The number of nitrogens with zero attached hydrogens (tertiary/aromatic N) is 1. The van der Waals surface area contributed by atoms with Crippen molar-refractivity contribution < 1.29 is 8.83 Å². The largest absolute Gasteiger partial charge is 0.456 e. The lowest BCUT2D eigenvalue weighted by Gasteiger charge is -2.26. The van der Waals surface area contributed by atoms with Crippen LogP contribution in [0.2, 0.25) is 0 Å². The SMILES string of the molecule is CC1(C)c2ccccc2-c2ccc3oc4c(N(c5ccc(-c6ccccc6)cc5)c5cccc6oc7ccccc7c56)cccc4c3c21. The van der Waals surface area contributed by atoms with Crippen molar-refractivity contribution in [2.75, 3.05) is 4.90 Å². The second-order valence-corrected chi connectivity index (χ2v) is 13.3. The summed E-state index contributed by atoms with van der Waals surface area (Å²) in [7, 11) is 0. The Balaban J connectivity index is 1.26. The maximum absolute atomic E-state index is 6.93. The molecular formula is C45H31NO2. The number of fused-ring (bicyclic) bond motifs is 10. The van der Waals surface area contributed by atoms with Gasteiger partial charge < -0.3 is 13.7 Å². The first-order valence-electron chi connectivity index (χ1n) is 16.5. The van der Waals surface area contributed by atoms with E-state index >= 15 is 0 Å². The lowest BCUT2D eigenvalue weighted by molar-refractivity contribution is 0.657. The Morgan fingerprint density at radius 1 is 0.458 bits per heavy atom. The van der Waals surface area contributed by atoms with Crippen molar-refractivity contribution in [3.05, 3.63) is 163 Å². The third-order valence-electron chi connectivity index (χ3n) is 10.3. The third kappa shape index (κ3) is 3.76. The van der Waals surface area contributed by atoms with Gasteiger partial charge in [0.1, 0.15) is 16.7 Å². The Hall–Kier alpha value is -6.06. The van der Waals surface area contributed by atoms with Crippen LogP contribution in [-0.4, -0.2) is 0 Å². The summed E-state index contributed by atoms with van der Waals surface area (Å²) >= 11 is 0. The molecule has 10 rings (SSSR count). The van der Waals surface area contributed by atoms with Gasteiger partial charge in [0.2, 0.25) is 0 Å². The minimum absolute atomic E-state index is 0.160. The van der Waals surface area contributed by atoms with Crippen molar-refractivity contribution in [2.45, 2.75) is 19.3 Å². The molecular weight excluding hydrogens is 587 g/mol. The quantitative estimate of drug-likeness (QED) is 0.197. The molecule has 48 heavy (non-hydrogen) atoms. The Kier molecular flexibility index (Phi) is 5.63. The van der Waals surface area contributed by atoms with Gasteiger partial charge in [-0.1, -0.05) is 123 Å². The number of rotatable bonds is 4. The minimum Gasteiger partial charge on any atom is -0.456 e. The van der Waals surface area contributed by atoms with Crippen LogP contribution in [0.4, 0.5) is 17.1 Å². The van der Waals surface area contributed by atoms with Crippen molar-refractivity contribution in [3.8, 4) is 22.3 Å². The molecule has 0 fully saturated rings. The van der Waals surface area contributed by atoms with Gasteiger partial charge in [-0.15, -0.1) is 0 Å². The second kappa shape index (κ2) is 9.97. The molecule has 9 aromatic rings. The van der Waals surface area contributed by atoms with E-state index in [1.54, 1.807) is 0 Å². The molecule has 1 aliphatic rings. The van der Waals surface area contributed by atoms with Crippen LogP contribution in [0.25, 0.3) is 66.1 Å². The van der Waals surface area contributed by atoms with Crippen molar-refractivity contribution in [1.29, 1.82) is 0 Å². The molecule has 0 N–H and O–H groups in total. The lowest BCUT2D eigenvalue weighted by atomic mass is 9.80. The fraction of sp³-hybridized carbons (Fsp3) is 0.0667. The molecule has 0 radical (unpaired) electrons. The Morgan fingerprint density at radius 2 is 1.12 bits per heavy atom. The molecule has 0 unspecified atom stereocenters. The van der Waals surface area contributed by atoms with E-state index in [4.69, 9.17) is 8.83 Å². The van der Waals surface area contributed by atoms with E-state index in [9.17, 15) is 0 Å². The maximum Gasteiger partial charge on any atom is 0.159 e. The van der Waals surface area contributed by atoms with Crippen LogP contribution in [-0.2, 0) is 5.41 Å². The highest BCUT2D eigenvalue weighted by Crippen LogP contribution is 2.54. The molecule has 1 aliphatic carbocycles. The molecule has 7 aromatic carbocycles. The van der Waals surface area contributed by atoms with Gasteiger partial charge in [-0.3, -0.25) is 0 Å².